The Labute approximate surface area is 153 Å². The number of hydrogen-bond acceptors (Lipinski definition) is 3. The van der Waals surface area contributed by atoms with Crippen molar-refractivity contribution in [1.82, 2.24) is 15.1 Å². The Morgan fingerprint density at radius 3 is 2.72 bits per heavy atom. The first-order valence-corrected chi connectivity index (χ1v) is 9.23. The fourth-order valence-electron chi connectivity index (χ4n) is 2.81. The van der Waals surface area contributed by atoms with Crippen LogP contribution < -0.4 is 5.32 Å². The number of ether oxygens (including phenoxy) is 1. The zero-order valence-electron chi connectivity index (χ0n) is 16.7. The van der Waals surface area contributed by atoms with E-state index < -0.39 is 0 Å². The van der Waals surface area contributed by atoms with E-state index in [-0.39, 0.29) is 11.6 Å². The highest BCUT2D eigenvalue weighted by molar-refractivity contribution is 5.80. The van der Waals surface area contributed by atoms with Crippen LogP contribution in [0.25, 0.3) is 0 Å². The lowest BCUT2D eigenvalue weighted by Crippen LogP contribution is -2.49. The summed E-state index contributed by atoms with van der Waals surface area (Å²) in [4.78, 5) is 9.46. The van der Waals surface area contributed by atoms with Gasteiger partial charge in [0.25, 0.3) is 0 Å². The van der Waals surface area contributed by atoms with E-state index in [0.717, 1.165) is 38.7 Å². The number of guanidine groups is 1. The van der Waals surface area contributed by atoms with Crippen molar-refractivity contribution in [2.45, 2.75) is 39.3 Å². The molecule has 0 amide bonds. The van der Waals surface area contributed by atoms with E-state index in [0.29, 0.717) is 0 Å². The Hall–Kier alpha value is -1.59. The first-order valence-electron chi connectivity index (χ1n) is 9.23. The maximum Gasteiger partial charge on any atom is 0.194 e. The molecule has 0 bridgehead atoms. The van der Waals surface area contributed by atoms with E-state index in [1.807, 2.05) is 0 Å². The van der Waals surface area contributed by atoms with Crippen LogP contribution in [0.2, 0.25) is 0 Å². The molecule has 1 aliphatic heterocycles. The molecule has 1 aromatic rings. The largest absolute Gasteiger partial charge is 0.370 e. The number of nitrogens with one attached hydrogen (secondary N) is 1. The van der Waals surface area contributed by atoms with E-state index in [2.05, 4.69) is 81.2 Å². The molecule has 25 heavy (non-hydrogen) atoms. The zero-order chi connectivity index (χ0) is 18.4. The van der Waals surface area contributed by atoms with Crippen LogP contribution in [0, 0.1) is 6.92 Å². The molecule has 1 aromatic carbocycles. The zero-order valence-corrected chi connectivity index (χ0v) is 16.7. The fraction of sp³-hybridized carbons (Fsp3) is 0.650. The van der Waals surface area contributed by atoms with Crippen molar-refractivity contribution in [2.75, 3.05) is 46.9 Å². The Kier molecular flexibility index (Phi) is 6.85. The maximum atomic E-state index is 6.05. The number of aryl methyl sites for hydroxylation is 1. The van der Waals surface area contributed by atoms with Crippen LogP contribution in [0.4, 0.5) is 0 Å². The highest BCUT2D eigenvalue weighted by atomic mass is 16.5. The third-order valence-corrected chi connectivity index (χ3v) is 5.06. The fourth-order valence-corrected chi connectivity index (χ4v) is 2.81. The molecule has 1 heterocycles. The lowest BCUT2D eigenvalue weighted by atomic mass is 10.0. The molecule has 1 unspecified atom stereocenters. The quantitative estimate of drug-likeness (QED) is 0.657. The second kappa shape index (κ2) is 8.68. The third kappa shape index (κ3) is 5.19. The van der Waals surface area contributed by atoms with Crippen molar-refractivity contribution in [3.05, 3.63) is 35.4 Å². The van der Waals surface area contributed by atoms with Crippen LogP contribution in [0.5, 0.6) is 0 Å². The smallest absolute Gasteiger partial charge is 0.194 e. The summed E-state index contributed by atoms with van der Waals surface area (Å²) in [7, 11) is 4.21. The van der Waals surface area contributed by atoms with Gasteiger partial charge in [-0.3, -0.25) is 4.99 Å². The van der Waals surface area contributed by atoms with Gasteiger partial charge in [0.1, 0.15) is 6.10 Å². The normalized spacial score (nSPS) is 19.4. The SMILES string of the molecule is CCNC(=NCC(C)(C)N(C)C)N1CCOC(c2ccccc2C)C1. The van der Waals surface area contributed by atoms with Crippen LogP contribution >= 0.6 is 0 Å². The van der Waals surface area contributed by atoms with Crippen molar-refractivity contribution in [2.24, 2.45) is 4.99 Å². The molecule has 1 fully saturated rings. The summed E-state index contributed by atoms with van der Waals surface area (Å²) in [5.41, 5.74) is 2.59. The van der Waals surface area contributed by atoms with Gasteiger partial charge in [0.2, 0.25) is 0 Å². The Bertz CT molecular complexity index is 583. The molecule has 1 saturated heterocycles. The van der Waals surface area contributed by atoms with Crippen LogP contribution in [0.15, 0.2) is 29.3 Å². The second-order valence-corrected chi connectivity index (χ2v) is 7.54. The number of benzene rings is 1. The minimum atomic E-state index is 0.0301. The van der Waals surface area contributed by atoms with Crippen LogP contribution in [0.3, 0.4) is 0 Å². The van der Waals surface area contributed by atoms with E-state index in [4.69, 9.17) is 9.73 Å². The van der Waals surface area contributed by atoms with Crippen molar-refractivity contribution in [3.8, 4) is 0 Å². The molecule has 0 spiro atoms. The number of morpholine rings is 1. The van der Waals surface area contributed by atoms with E-state index in [1.165, 1.54) is 11.1 Å². The first kappa shape index (κ1) is 19.7. The molecule has 2 rings (SSSR count). The van der Waals surface area contributed by atoms with Gasteiger partial charge in [-0.1, -0.05) is 24.3 Å². The molecule has 1 N–H and O–H groups in total. The van der Waals surface area contributed by atoms with Gasteiger partial charge in [-0.15, -0.1) is 0 Å². The highest BCUT2D eigenvalue weighted by Gasteiger charge is 2.26. The second-order valence-electron chi connectivity index (χ2n) is 7.54. The molecule has 5 nitrogen and oxygen atoms in total. The molecule has 1 atom stereocenters. The van der Waals surface area contributed by atoms with Crippen molar-refractivity contribution in [1.29, 1.82) is 0 Å². The lowest BCUT2D eigenvalue weighted by molar-refractivity contribution is -0.00840. The van der Waals surface area contributed by atoms with Gasteiger partial charge in [-0.25, -0.2) is 0 Å². The van der Waals surface area contributed by atoms with E-state index >= 15 is 0 Å². The van der Waals surface area contributed by atoms with E-state index in [9.17, 15) is 0 Å². The molecular formula is C20H34N4O. The van der Waals surface area contributed by atoms with Gasteiger partial charge < -0.3 is 19.9 Å². The Morgan fingerprint density at radius 1 is 1.36 bits per heavy atom. The maximum absolute atomic E-state index is 6.05. The molecular weight excluding hydrogens is 312 g/mol. The van der Waals surface area contributed by atoms with Crippen LogP contribution in [-0.2, 0) is 4.74 Å². The molecule has 0 saturated carbocycles. The van der Waals surface area contributed by atoms with Crippen LogP contribution in [0.1, 0.15) is 38.0 Å². The molecule has 1 aliphatic rings. The van der Waals surface area contributed by atoms with Gasteiger partial charge in [-0.2, -0.15) is 0 Å². The van der Waals surface area contributed by atoms with Gasteiger partial charge in [0.15, 0.2) is 5.96 Å². The van der Waals surface area contributed by atoms with Crippen molar-refractivity contribution >= 4 is 5.96 Å². The minimum Gasteiger partial charge on any atom is -0.370 e. The van der Waals surface area contributed by atoms with Gasteiger partial charge in [-0.05, 0) is 52.9 Å². The Morgan fingerprint density at radius 2 is 2.08 bits per heavy atom. The topological polar surface area (TPSA) is 40.1 Å². The number of aliphatic imine (C=N–C) groups is 1. The standard InChI is InChI=1S/C20H34N4O/c1-7-21-19(22-15-20(3,4)23(5)6)24-12-13-25-18(14-24)17-11-9-8-10-16(17)2/h8-11,18H,7,12-15H2,1-6H3,(H,21,22). The molecule has 0 aliphatic carbocycles. The van der Waals surface area contributed by atoms with Gasteiger partial charge >= 0.3 is 0 Å². The number of likely N-dealkylation sites (N-methyl/N-ethyl adjacent to an activating group) is 1. The van der Waals surface area contributed by atoms with Crippen LogP contribution in [-0.4, -0.2) is 68.2 Å². The summed E-state index contributed by atoms with van der Waals surface area (Å²) in [6.45, 7) is 12.8. The lowest BCUT2D eigenvalue weighted by Gasteiger charge is -2.37. The molecule has 0 aromatic heterocycles. The number of hydrogen-bond donors (Lipinski definition) is 1. The molecule has 5 heteroatoms. The summed E-state index contributed by atoms with van der Waals surface area (Å²) >= 11 is 0. The monoisotopic (exact) mass is 346 g/mol. The average molecular weight is 347 g/mol. The molecule has 0 radical (unpaired) electrons. The average Bonchev–Trinajstić information content (AvgIpc) is 2.59. The first-order chi connectivity index (χ1) is 11.8. The number of nitrogens with zero attached hydrogens (tertiary/aromatic N) is 3. The van der Waals surface area contributed by atoms with Gasteiger partial charge in [0, 0.05) is 18.6 Å². The molecule has 140 valence electrons. The summed E-state index contributed by atoms with van der Waals surface area (Å²) in [6.07, 6.45) is 0.0978. The third-order valence-electron chi connectivity index (χ3n) is 5.06. The summed E-state index contributed by atoms with van der Waals surface area (Å²) in [6, 6.07) is 8.48. The van der Waals surface area contributed by atoms with Gasteiger partial charge in [0.05, 0.1) is 19.7 Å². The summed E-state index contributed by atoms with van der Waals surface area (Å²) in [5.74, 6) is 0.985. The number of rotatable bonds is 5. The summed E-state index contributed by atoms with van der Waals surface area (Å²) < 4.78 is 6.05. The summed E-state index contributed by atoms with van der Waals surface area (Å²) in [5, 5.41) is 3.45. The minimum absolute atomic E-state index is 0.0301. The highest BCUT2D eigenvalue weighted by Crippen LogP contribution is 2.25. The van der Waals surface area contributed by atoms with Crippen molar-refractivity contribution in [3.63, 3.8) is 0 Å². The Balaban J connectivity index is 2.14. The van der Waals surface area contributed by atoms with E-state index in [1.54, 1.807) is 0 Å². The van der Waals surface area contributed by atoms with Crippen molar-refractivity contribution < 1.29 is 4.74 Å². The predicted molar refractivity (Wildman–Crippen MR) is 105 cm³/mol. The predicted octanol–water partition coefficient (Wildman–Crippen LogP) is 2.67.